The van der Waals surface area contributed by atoms with Gasteiger partial charge in [-0.15, -0.1) is 11.3 Å². The molecule has 6 heteroatoms. The first-order chi connectivity index (χ1) is 9.06. The molecule has 0 saturated carbocycles. The zero-order valence-electron chi connectivity index (χ0n) is 9.95. The molecular weight excluding hydrogens is 268 g/mol. The molecule has 2 heterocycles. The lowest BCUT2D eigenvalue weighted by Crippen LogP contribution is -1.99. The zero-order chi connectivity index (χ0) is 13.6. The maximum absolute atomic E-state index is 13.7. The van der Waals surface area contributed by atoms with Crippen LogP contribution in [0.5, 0.6) is 0 Å². The number of aryl methyl sites for hydroxylation is 1. The lowest BCUT2D eigenvalue weighted by molar-refractivity contribution is 0.588. The van der Waals surface area contributed by atoms with E-state index in [2.05, 4.69) is 9.97 Å². The number of nitrogens with two attached hydrogens (primary N) is 1. The number of anilines is 1. The van der Waals surface area contributed by atoms with Gasteiger partial charge in [0.05, 0.1) is 10.9 Å². The molecule has 0 spiro atoms. The molecule has 0 atom stereocenters. The van der Waals surface area contributed by atoms with E-state index in [1.807, 2.05) is 13.0 Å². The van der Waals surface area contributed by atoms with Crippen LogP contribution >= 0.6 is 11.3 Å². The van der Waals surface area contributed by atoms with Gasteiger partial charge in [-0.25, -0.2) is 18.7 Å². The van der Waals surface area contributed by atoms with E-state index in [1.54, 1.807) is 0 Å². The van der Waals surface area contributed by atoms with E-state index < -0.39 is 11.6 Å². The van der Waals surface area contributed by atoms with Crippen molar-refractivity contribution in [2.45, 2.75) is 6.92 Å². The number of benzene rings is 1. The Labute approximate surface area is 111 Å². The fourth-order valence-corrected chi connectivity index (χ4v) is 2.77. The molecule has 0 aliphatic carbocycles. The summed E-state index contributed by atoms with van der Waals surface area (Å²) in [5, 5.41) is 0.711. The van der Waals surface area contributed by atoms with E-state index in [0.717, 1.165) is 4.88 Å². The van der Waals surface area contributed by atoms with Crippen LogP contribution in [0.1, 0.15) is 4.88 Å². The predicted octanol–water partition coefficient (Wildman–Crippen LogP) is 3.53. The van der Waals surface area contributed by atoms with Crippen LogP contribution in [-0.4, -0.2) is 9.97 Å². The summed E-state index contributed by atoms with van der Waals surface area (Å²) < 4.78 is 27.4. The molecule has 19 heavy (non-hydrogen) atoms. The van der Waals surface area contributed by atoms with Crippen molar-refractivity contribution in [3.05, 3.63) is 40.8 Å². The van der Waals surface area contributed by atoms with Gasteiger partial charge in [0.2, 0.25) is 0 Å². The average molecular weight is 277 g/mol. The molecule has 3 rings (SSSR count). The third kappa shape index (κ3) is 1.94. The van der Waals surface area contributed by atoms with E-state index >= 15 is 0 Å². The van der Waals surface area contributed by atoms with E-state index in [4.69, 9.17) is 5.73 Å². The van der Waals surface area contributed by atoms with Crippen LogP contribution in [0, 0.1) is 18.6 Å². The SMILES string of the molecule is Cc1cc2c(N)nc(-c3c(F)cccc3F)nc2s1. The average Bonchev–Trinajstić information content (AvgIpc) is 2.70. The number of nitrogen functional groups attached to an aromatic ring is 1. The van der Waals surface area contributed by atoms with Crippen LogP contribution in [0.25, 0.3) is 21.6 Å². The standard InChI is InChI=1S/C13H9F2N3S/c1-6-5-7-11(16)17-12(18-13(7)19-6)10-8(14)3-2-4-9(10)15/h2-5H,1H3,(H2,16,17,18). The zero-order valence-corrected chi connectivity index (χ0v) is 10.8. The van der Waals surface area contributed by atoms with E-state index in [9.17, 15) is 8.78 Å². The number of halogens is 2. The van der Waals surface area contributed by atoms with Crippen molar-refractivity contribution in [2.75, 3.05) is 5.73 Å². The Morgan fingerprint density at radius 1 is 1.16 bits per heavy atom. The smallest absolute Gasteiger partial charge is 0.169 e. The second-order valence-electron chi connectivity index (χ2n) is 4.10. The maximum atomic E-state index is 13.7. The summed E-state index contributed by atoms with van der Waals surface area (Å²) in [6.07, 6.45) is 0. The van der Waals surface area contributed by atoms with E-state index in [0.29, 0.717) is 10.2 Å². The van der Waals surface area contributed by atoms with Gasteiger partial charge >= 0.3 is 0 Å². The number of hydrogen-bond acceptors (Lipinski definition) is 4. The number of hydrogen-bond donors (Lipinski definition) is 1. The quantitative estimate of drug-likeness (QED) is 0.740. The second-order valence-corrected chi connectivity index (χ2v) is 5.34. The Balaban J connectivity index is 2.31. The molecule has 0 aliphatic rings. The van der Waals surface area contributed by atoms with Crippen molar-refractivity contribution in [2.24, 2.45) is 0 Å². The number of fused-ring (bicyclic) bond motifs is 1. The molecule has 0 aliphatic heterocycles. The van der Waals surface area contributed by atoms with Crippen LogP contribution in [0.15, 0.2) is 24.3 Å². The Kier molecular flexibility index (Phi) is 2.67. The van der Waals surface area contributed by atoms with Crippen molar-refractivity contribution in [3.63, 3.8) is 0 Å². The van der Waals surface area contributed by atoms with Crippen LogP contribution < -0.4 is 5.73 Å². The molecule has 3 aromatic rings. The topological polar surface area (TPSA) is 51.8 Å². The van der Waals surface area contributed by atoms with Crippen molar-refractivity contribution in [3.8, 4) is 11.4 Å². The van der Waals surface area contributed by atoms with Crippen molar-refractivity contribution < 1.29 is 8.78 Å². The van der Waals surface area contributed by atoms with Crippen molar-refractivity contribution in [1.82, 2.24) is 9.97 Å². The molecule has 0 bridgehead atoms. The number of aromatic nitrogens is 2. The van der Waals surface area contributed by atoms with E-state index in [-0.39, 0.29) is 17.2 Å². The summed E-state index contributed by atoms with van der Waals surface area (Å²) in [7, 11) is 0. The molecule has 1 aromatic carbocycles. The molecule has 0 saturated heterocycles. The minimum Gasteiger partial charge on any atom is -0.383 e. The Bertz CT molecular complexity index is 763. The fraction of sp³-hybridized carbons (Fsp3) is 0.0769. The van der Waals surface area contributed by atoms with Gasteiger partial charge in [0.25, 0.3) is 0 Å². The van der Waals surface area contributed by atoms with Crippen LogP contribution in [0.2, 0.25) is 0 Å². The fourth-order valence-electron chi connectivity index (χ4n) is 1.89. The van der Waals surface area contributed by atoms with Crippen molar-refractivity contribution >= 4 is 27.4 Å². The normalized spacial score (nSPS) is 11.1. The molecule has 0 fully saturated rings. The summed E-state index contributed by atoms with van der Waals surface area (Å²) >= 11 is 1.41. The van der Waals surface area contributed by atoms with E-state index in [1.165, 1.54) is 29.5 Å². The van der Waals surface area contributed by atoms with Gasteiger partial charge in [-0.05, 0) is 25.1 Å². The third-order valence-electron chi connectivity index (χ3n) is 2.73. The van der Waals surface area contributed by atoms with Gasteiger partial charge in [0, 0.05) is 4.88 Å². The molecule has 0 unspecified atom stereocenters. The maximum Gasteiger partial charge on any atom is 0.169 e. The van der Waals surface area contributed by atoms with Gasteiger partial charge in [-0.1, -0.05) is 6.07 Å². The molecule has 3 nitrogen and oxygen atoms in total. The predicted molar refractivity (Wildman–Crippen MR) is 71.9 cm³/mol. The lowest BCUT2D eigenvalue weighted by Gasteiger charge is -2.04. The molecule has 2 aromatic heterocycles. The summed E-state index contributed by atoms with van der Waals surface area (Å²) in [5.41, 5.74) is 5.57. The molecule has 0 amide bonds. The highest BCUT2D eigenvalue weighted by Crippen LogP contribution is 2.31. The van der Waals surface area contributed by atoms with Crippen LogP contribution in [-0.2, 0) is 0 Å². The first kappa shape index (κ1) is 12.0. The van der Waals surface area contributed by atoms with Gasteiger partial charge in [0.15, 0.2) is 5.82 Å². The van der Waals surface area contributed by atoms with Gasteiger partial charge < -0.3 is 5.73 Å². The monoisotopic (exact) mass is 277 g/mol. The highest BCUT2D eigenvalue weighted by molar-refractivity contribution is 7.18. The molecule has 2 N–H and O–H groups in total. The Hall–Kier alpha value is -2.08. The first-order valence-corrected chi connectivity index (χ1v) is 6.36. The van der Waals surface area contributed by atoms with Gasteiger partial charge in [-0.3, -0.25) is 0 Å². The highest BCUT2D eigenvalue weighted by Gasteiger charge is 2.16. The Morgan fingerprint density at radius 3 is 2.53 bits per heavy atom. The summed E-state index contributed by atoms with van der Waals surface area (Å²) in [4.78, 5) is 9.84. The van der Waals surface area contributed by atoms with Gasteiger partial charge in [-0.2, -0.15) is 0 Å². The summed E-state index contributed by atoms with van der Waals surface area (Å²) in [6, 6.07) is 5.49. The number of thiophene rings is 1. The molecular formula is C13H9F2N3S. The molecule has 0 radical (unpaired) electrons. The minimum absolute atomic E-state index is 0.0255. The second kappa shape index (κ2) is 4.24. The van der Waals surface area contributed by atoms with Crippen LogP contribution in [0.3, 0.4) is 0 Å². The largest absolute Gasteiger partial charge is 0.383 e. The third-order valence-corrected chi connectivity index (χ3v) is 3.68. The summed E-state index contributed by atoms with van der Waals surface area (Å²) in [6.45, 7) is 1.91. The first-order valence-electron chi connectivity index (χ1n) is 5.54. The number of nitrogens with zero attached hydrogens (tertiary/aromatic N) is 2. The van der Waals surface area contributed by atoms with Crippen LogP contribution in [0.4, 0.5) is 14.6 Å². The minimum atomic E-state index is -0.702. The van der Waals surface area contributed by atoms with Crippen molar-refractivity contribution in [1.29, 1.82) is 0 Å². The lowest BCUT2D eigenvalue weighted by atomic mass is 10.2. The molecule has 96 valence electrons. The highest BCUT2D eigenvalue weighted by atomic mass is 32.1. The van der Waals surface area contributed by atoms with Gasteiger partial charge in [0.1, 0.15) is 22.3 Å². The Morgan fingerprint density at radius 2 is 1.84 bits per heavy atom. The number of rotatable bonds is 1. The summed E-state index contributed by atoms with van der Waals surface area (Å²) in [5.74, 6) is -1.20.